The van der Waals surface area contributed by atoms with Crippen LogP contribution >= 0.6 is 0 Å². The number of hydrogen-bond acceptors (Lipinski definition) is 5. The molecule has 2 aliphatic rings. The topological polar surface area (TPSA) is 67.9 Å². The first-order chi connectivity index (χ1) is 11.2. The largest absolute Gasteiger partial charge is 0.462 e. The minimum Gasteiger partial charge on any atom is -0.462 e. The molecule has 6 heteroatoms. The van der Waals surface area contributed by atoms with Gasteiger partial charge in [0.15, 0.2) is 0 Å². The molecule has 124 valence electrons. The second-order valence-electron chi connectivity index (χ2n) is 5.89. The number of esters is 1. The number of nitrogens with one attached hydrogen (secondary N) is 1. The normalized spacial score (nSPS) is 16.4. The van der Waals surface area contributed by atoms with Crippen LogP contribution in [0.15, 0.2) is 12.1 Å². The van der Waals surface area contributed by atoms with E-state index in [-0.39, 0.29) is 25.6 Å². The van der Waals surface area contributed by atoms with Crippen molar-refractivity contribution in [2.45, 2.75) is 25.7 Å². The van der Waals surface area contributed by atoms with Crippen molar-refractivity contribution in [3.63, 3.8) is 0 Å². The molecule has 1 N–H and O–H groups in total. The van der Waals surface area contributed by atoms with Gasteiger partial charge < -0.3 is 14.8 Å². The fourth-order valence-electron chi connectivity index (χ4n) is 3.13. The maximum absolute atomic E-state index is 12.2. The third-order valence-corrected chi connectivity index (χ3v) is 4.32. The van der Waals surface area contributed by atoms with E-state index in [0.29, 0.717) is 6.61 Å². The molecule has 0 atom stereocenters. The van der Waals surface area contributed by atoms with Crippen LogP contribution in [0.5, 0.6) is 0 Å². The van der Waals surface area contributed by atoms with Gasteiger partial charge in [0, 0.05) is 7.11 Å². The zero-order chi connectivity index (χ0) is 16.2. The fraction of sp³-hybridized carbons (Fsp3) is 0.529. The highest BCUT2D eigenvalue weighted by molar-refractivity contribution is 6.05. The Balaban J connectivity index is 1.79. The molecule has 0 bridgehead atoms. The molecule has 1 aromatic carbocycles. The molecule has 1 aromatic rings. The number of anilines is 2. The molecule has 1 heterocycles. The van der Waals surface area contributed by atoms with Gasteiger partial charge in [0.05, 0.1) is 24.5 Å². The summed E-state index contributed by atoms with van der Waals surface area (Å²) in [5, 5.41) is 3.15. The molecule has 1 aliphatic carbocycles. The first kappa shape index (κ1) is 15.8. The Kier molecular flexibility index (Phi) is 4.81. The van der Waals surface area contributed by atoms with Crippen LogP contribution in [-0.2, 0) is 31.9 Å². The Morgan fingerprint density at radius 1 is 1.22 bits per heavy atom. The summed E-state index contributed by atoms with van der Waals surface area (Å²) in [5.41, 5.74) is 4.34. The molecule has 0 aromatic heterocycles. The molecule has 23 heavy (non-hydrogen) atoms. The molecular weight excluding hydrogens is 296 g/mol. The molecule has 0 radical (unpaired) electrons. The van der Waals surface area contributed by atoms with E-state index in [9.17, 15) is 9.59 Å². The predicted molar refractivity (Wildman–Crippen MR) is 86.8 cm³/mol. The third-order valence-electron chi connectivity index (χ3n) is 4.32. The van der Waals surface area contributed by atoms with Crippen molar-refractivity contribution in [1.29, 1.82) is 0 Å². The number of methoxy groups -OCH3 is 1. The number of fused-ring (bicyclic) bond motifs is 2. The number of carbonyl (C=O) groups is 2. The first-order valence-corrected chi connectivity index (χ1v) is 8.03. The molecule has 6 nitrogen and oxygen atoms in total. The SMILES string of the molecule is COCCOC(=O)CN1C(=O)CNc2cc3c(cc21)CCCC3. The predicted octanol–water partition coefficient (Wildman–Crippen LogP) is 1.51. The van der Waals surface area contributed by atoms with Crippen molar-refractivity contribution in [3.05, 3.63) is 23.3 Å². The highest BCUT2D eigenvalue weighted by atomic mass is 16.6. The maximum Gasteiger partial charge on any atom is 0.326 e. The minimum atomic E-state index is -0.416. The Hall–Kier alpha value is -2.08. The highest BCUT2D eigenvalue weighted by Gasteiger charge is 2.28. The van der Waals surface area contributed by atoms with Crippen molar-refractivity contribution in [1.82, 2.24) is 0 Å². The average molecular weight is 318 g/mol. The van der Waals surface area contributed by atoms with E-state index in [0.717, 1.165) is 24.2 Å². The van der Waals surface area contributed by atoms with Crippen LogP contribution in [0.25, 0.3) is 0 Å². The lowest BCUT2D eigenvalue weighted by Crippen LogP contribution is -2.43. The Labute approximate surface area is 135 Å². The van der Waals surface area contributed by atoms with Crippen molar-refractivity contribution in [3.8, 4) is 0 Å². The van der Waals surface area contributed by atoms with Crippen LogP contribution < -0.4 is 10.2 Å². The highest BCUT2D eigenvalue weighted by Crippen LogP contribution is 2.35. The van der Waals surface area contributed by atoms with Crippen LogP contribution in [-0.4, -0.2) is 45.3 Å². The molecule has 1 aliphatic heterocycles. The van der Waals surface area contributed by atoms with Gasteiger partial charge in [-0.15, -0.1) is 0 Å². The summed E-state index contributed by atoms with van der Waals surface area (Å²) in [6.45, 7) is 0.700. The lowest BCUT2D eigenvalue weighted by molar-refractivity contribution is -0.144. The number of hydrogen-bond donors (Lipinski definition) is 1. The maximum atomic E-state index is 12.2. The fourth-order valence-corrected chi connectivity index (χ4v) is 3.13. The van der Waals surface area contributed by atoms with Crippen LogP contribution in [0.1, 0.15) is 24.0 Å². The monoisotopic (exact) mass is 318 g/mol. The molecule has 0 fully saturated rings. The number of nitrogens with zero attached hydrogens (tertiary/aromatic N) is 1. The van der Waals surface area contributed by atoms with Crippen molar-refractivity contribution in [2.75, 3.05) is 43.6 Å². The van der Waals surface area contributed by atoms with Gasteiger partial charge in [0.25, 0.3) is 0 Å². The van der Waals surface area contributed by atoms with Gasteiger partial charge in [-0.05, 0) is 48.9 Å². The van der Waals surface area contributed by atoms with Crippen LogP contribution in [0, 0.1) is 0 Å². The van der Waals surface area contributed by atoms with E-state index in [1.54, 1.807) is 7.11 Å². The number of rotatable bonds is 5. The molecule has 0 spiro atoms. The zero-order valence-electron chi connectivity index (χ0n) is 13.4. The van der Waals surface area contributed by atoms with Gasteiger partial charge in [-0.3, -0.25) is 14.5 Å². The summed E-state index contributed by atoms with van der Waals surface area (Å²) in [4.78, 5) is 25.7. The van der Waals surface area contributed by atoms with Gasteiger partial charge in [-0.1, -0.05) is 0 Å². The van der Waals surface area contributed by atoms with E-state index >= 15 is 0 Å². The van der Waals surface area contributed by atoms with Gasteiger partial charge in [-0.2, -0.15) is 0 Å². The smallest absolute Gasteiger partial charge is 0.326 e. The molecule has 1 amide bonds. The van der Waals surface area contributed by atoms with Gasteiger partial charge in [-0.25, -0.2) is 0 Å². The second-order valence-corrected chi connectivity index (χ2v) is 5.89. The van der Waals surface area contributed by atoms with E-state index in [1.807, 2.05) is 0 Å². The third kappa shape index (κ3) is 3.47. The van der Waals surface area contributed by atoms with Crippen molar-refractivity contribution >= 4 is 23.3 Å². The molecule has 0 saturated carbocycles. The zero-order valence-corrected chi connectivity index (χ0v) is 13.4. The molecule has 3 rings (SSSR count). The number of carbonyl (C=O) groups excluding carboxylic acids is 2. The second kappa shape index (κ2) is 7.00. The van der Waals surface area contributed by atoms with Crippen LogP contribution in [0.3, 0.4) is 0 Å². The number of amides is 1. The Morgan fingerprint density at radius 2 is 1.96 bits per heavy atom. The molecular formula is C17H22N2O4. The number of benzene rings is 1. The number of aryl methyl sites for hydroxylation is 2. The summed E-state index contributed by atoms with van der Waals surface area (Å²) in [6.07, 6.45) is 4.49. The summed E-state index contributed by atoms with van der Waals surface area (Å²) in [5.74, 6) is -0.530. The minimum absolute atomic E-state index is 0.0595. The Morgan fingerprint density at radius 3 is 2.70 bits per heavy atom. The van der Waals surface area contributed by atoms with E-state index < -0.39 is 5.97 Å². The number of ether oxygens (including phenoxy) is 2. The van der Waals surface area contributed by atoms with Gasteiger partial charge in [0.1, 0.15) is 13.2 Å². The van der Waals surface area contributed by atoms with Gasteiger partial charge >= 0.3 is 5.97 Å². The summed E-state index contributed by atoms with van der Waals surface area (Å²) < 4.78 is 9.94. The summed E-state index contributed by atoms with van der Waals surface area (Å²) >= 11 is 0. The summed E-state index contributed by atoms with van der Waals surface area (Å²) in [6, 6.07) is 4.18. The van der Waals surface area contributed by atoms with Crippen molar-refractivity contribution < 1.29 is 19.1 Å². The Bertz CT molecular complexity index is 615. The van der Waals surface area contributed by atoms with Crippen LogP contribution in [0.4, 0.5) is 11.4 Å². The van der Waals surface area contributed by atoms with E-state index in [2.05, 4.69) is 17.4 Å². The lowest BCUT2D eigenvalue weighted by Gasteiger charge is -2.31. The van der Waals surface area contributed by atoms with Crippen molar-refractivity contribution in [2.24, 2.45) is 0 Å². The average Bonchev–Trinajstić information content (AvgIpc) is 2.56. The lowest BCUT2D eigenvalue weighted by atomic mass is 9.90. The van der Waals surface area contributed by atoms with Gasteiger partial charge in [0.2, 0.25) is 5.91 Å². The standard InChI is InChI=1S/C17H22N2O4/c1-22-6-7-23-17(21)11-19-15-9-13-5-3-2-4-12(13)8-14(15)18-10-16(19)20/h8-9,18H,2-7,10-11H2,1H3. The first-order valence-electron chi connectivity index (χ1n) is 8.03. The molecule has 0 unspecified atom stereocenters. The summed E-state index contributed by atoms with van der Waals surface area (Å²) in [7, 11) is 1.55. The van der Waals surface area contributed by atoms with E-state index in [1.165, 1.54) is 28.9 Å². The molecule has 0 saturated heterocycles. The quantitative estimate of drug-likeness (QED) is 0.658. The van der Waals surface area contributed by atoms with E-state index in [4.69, 9.17) is 9.47 Å². The van der Waals surface area contributed by atoms with Crippen LogP contribution in [0.2, 0.25) is 0 Å².